The molecule has 0 amide bonds. The topological polar surface area (TPSA) is 41.6 Å². The van der Waals surface area contributed by atoms with Gasteiger partial charge in [-0.05, 0) is 73.0 Å². The van der Waals surface area contributed by atoms with Gasteiger partial charge in [0.25, 0.3) is 0 Å². The van der Waals surface area contributed by atoms with Gasteiger partial charge < -0.3 is 4.57 Å². The molecule has 138 valence electrons. The molecule has 0 N–H and O–H groups in total. The van der Waals surface area contributed by atoms with E-state index in [1.807, 2.05) is 24.3 Å². The molecule has 0 radical (unpaired) electrons. The maximum Gasteiger partial charge on any atom is 0.0998 e. The molecule has 0 fully saturated rings. The normalized spacial score (nSPS) is 11.1. The van der Waals surface area contributed by atoms with Crippen molar-refractivity contribution in [2.45, 2.75) is 13.8 Å². The molecule has 0 unspecified atom stereocenters. The third-order valence-electron chi connectivity index (χ3n) is 5.45. The van der Waals surface area contributed by atoms with E-state index in [4.69, 9.17) is 0 Å². The highest BCUT2D eigenvalue weighted by Gasteiger charge is 2.14. The lowest BCUT2D eigenvalue weighted by Crippen LogP contribution is -1.96. The predicted molar refractivity (Wildman–Crippen MR) is 118 cm³/mol. The van der Waals surface area contributed by atoms with Crippen molar-refractivity contribution in [2.24, 2.45) is 0 Å². The SMILES string of the molecule is Cc1ccc2c3ccc(C)cc3n(-c3ccc(C#N)c(-c4ccncc4)c3)c2c1. The van der Waals surface area contributed by atoms with Gasteiger partial charge in [0.15, 0.2) is 0 Å². The Hall–Kier alpha value is -3.90. The van der Waals surface area contributed by atoms with Crippen molar-refractivity contribution in [1.82, 2.24) is 9.55 Å². The van der Waals surface area contributed by atoms with Crippen LogP contribution in [0.3, 0.4) is 0 Å². The Morgan fingerprint density at radius 3 is 1.97 bits per heavy atom. The zero-order valence-electron chi connectivity index (χ0n) is 16.3. The monoisotopic (exact) mass is 373 g/mol. The first-order valence-electron chi connectivity index (χ1n) is 9.62. The first-order chi connectivity index (χ1) is 14.2. The number of aryl methyl sites for hydroxylation is 2. The molecule has 3 aromatic carbocycles. The molecule has 0 saturated heterocycles. The fraction of sp³-hybridized carbons (Fsp3) is 0.0769. The standard InChI is InChI=1S/C26H19N3/c1-17-3-7-22-23-8-4-18(2)14-26(23)29(25(22)13-17)21-6-5-20(16-27)24(15-21)19-9-11-28-12-10-19/h3-15H,1-2H3. The third-order valence-corrected chi connectivity index (χ3v) is 5.45. The van der Waals surface area contributed by atoms with Crippen LogP contribution in [0.25, 0.3) is 38.6 Å². The molecule has 2 aromatic heterocycles. The first kappa shape index (κ1) is 17.2. The Morgan fingerprint density at radius 1 is 0.759 bits per heavy atom. The molecule has 3 heteroatoms. The quantitative estimate of drug-likeness (QED) is 0.362. The van der Waals surface area contributed by atoms with Crippen LogP contribution in [0, 0.1) is 25.2 Å². The van der Waals surface area contributed by atoms with Gasteiger partial charge in [0, 0.05) is 34.4 Å². The summed E-state index contributed by atoms with van der Waals surface area (Å²) in [5.74, 6) is 0. The summed E-state index contributed by atoms with van der Waals surface area (Å²) in [6, 6.07) is 25.5. The lowest BCUT2D eigenvalue weighted by molar-refractivity contribution is 1.17. The Morgan fingerprint density at radius 2 is 1.38 bits per heavy atom. The molecule has 0 aliphatic carbocycles. The number of pyridine rings is 1. The van der Waals surface area contributed by atoms with Crippen LogP contribution in [0.4, 0.5) is 0 Å². The summed E-state index contributed by atoms with van der Waals surface area (Å²) in [4.78, 5) is 4.11. The summed E-state index contributed by atoms with van der Waals surface area (Å²) >= 11 is 0. The van der Waals surface area contributed by atoms with Crippen molar-refractivity contribution in [3.8, 4) is 22.9 Å². The summed E-state index contributed by atoms with van der Waals surface area (Å²) in [7, 11) is 0. The molecule has 3 nitrogen and oxygen atoms in total. The van der Waals surface area contributed by atoms with E-state index in [1.54, 1.807) is 12.4 Å². The number of fused-ring (bicyclic) bond motifs is 3. The van der Waals surface area contributed by atoms with Crippen LogP contribution < -0.4 is 0 Å². The molecule has 0 spiro atoms. The number of aromatic nitrogens is 2. The number of hydrogen-bond donors (Lipinski definition) is 0. The van der Waals surface area contributed by atoms with E-state index in [2.05, 4.69) is 71.9 Å². The van der Waals surface area contributed by atoms with Crippen LogP contribution in [-0.2, 0) is 0 Å². The number of rotatable bonds is 2. The van der Waals surface area contributed by atoms with Crippen molar-refractivity contribution in [3.05, 3.63) is 95.8 Å². The molecule has 5 rings (SSSR count). The van der Waals surface area contributed by atoms with Crippen molar-refractivity contribution in [2.75, 3.05) is 0 Å². The molecule has 2 heterocycles. The van der Waals surface area contributed by atoms with Crippen molar-refractivity contribution >= 4 is 21.8 Å². The summed E-state index contributed by atoms with van der Waals surface area (Å²) in [6.07, 6.45) is 3.52. The van der Waals surface area contributed by atoms with Gasteiger partial charge in [-0.25, -0.2) is 0 Å². The Labute approximate surface area is 169 Å². The highest BCUT2D eigenvalue weighted by Crippen LogP contribution is 2.35. The van der Waals surface area contributed by atoms with Gasteiger partial charge in [-0.15, -0.1) is 0 Å². The molecular weight excluding hydrogens is 354 g/mol. The van der Waals surface area contributed by atoms with Crippen molar-refractivity contribution in [3.63, 3.8) is 0 Å². The average Bonchev–Trinajstić information content (AvgIpc) is 3.06. The van der Waals surface area contributed by atoms with Gasteiger partial charge in [0.2, 0.25) is 0 Å². The Bertz CT molecular complexity index is 1360. The largest absolute Gasteiger partial charge is 0.309 e. The number of hydrogen-bond acceptors (Lipinski definition) is 2. The smallest absolute Gasteiger partial charge is 0.0998 e. The molecule has 0 aliphatic heterocycles. The van der Waals surface area contributed by atoms with Crippen LogP contribution in [-0.4, -0.2) is 9.55 Å². The van der Waals surface area contributed by atoms with Gasteiger partial charge in [-0.2, -0.15) is 5.26 Å². The lowest BCUT2D eigenvalue weighted by atomic mass is 10.0. The highest BCUT2D eigenvalue weighted by atomic mass is 15.0. The lowest BCUT2D eigenvalue weighted by Gasteiger charge is -2.12. The van der Waals surface area contributed by atoms with Gasteiger partial charge in [-0.1, -0.05) is 24.3 Å². The van der Waals surface area contributed by atoms with E-state index in [0.29, 0.717) is 5.56 Å². The zero-order chi connectivity index (χ0) is 20.0. The van der Waals surface area contributed by atoms with E-state index in [0.717, 1.165) is 16.8 Å². The Kier molecular flexibility index (Phi) is 3.93. The van der Waals surface area contributed by atoms with Gasteiger partial charge in [0.05, 0.1) is 22.7 Å². The van der Waals surface area contributed by atoms with E-state index in [-0.39, 0.29) is 0 Å². The van der Waals surface area contributed by atoms with E-state index < -0.39 is 0 Å². The van der Waals surface area contributed by atoms with Gasteiger partial charge in [-0.3, -0.25) is 4.98 Å². The summed E-state index contributed by atoms with van der Waals surface area (Å²) in [6.45, 7) is 4.24. The molecular formula is C26H19N3. The zero-order valence-corrected chi connectivity index (χ0v) is 16.3. The van der Waals surface area contributed by atoms with Crippen LogP contribution >= 0.6 is 0 Å². The maximum atomic E-state index is 9.65. The first-order valence-corrected chi connectivity index (χ1v) is 9.62. The van der Waals surface area contributed by atoms with E-state index >= 15 is 0 Å². The minimum Gasteiger partial charge on any atom is -0.309 e. The van der Waals surface area contributed by atoms with E-state index in [9.17, 15) is 5.26 Å². The fourth-order valence-electron chi connectivity index (χ4n) is 4.06. The molecule has 0 aliphatic rings. The Balaban J connectivity index is 1.87. The number of nitriles is 1. The van der Waals surface area contributed by atoms with Crippen LogP contribution in [0.15, 0.2) is 79.1 Å². The molecule has 0 bridgehead atoms. The minimum atomic E-state index is 0.660. The summed E-state index contributed by atoms with van der Waals surface area (Å²) in [5, 5.41) is 12.1. The van der Waals surface area contributed by atoms with E-state index in [1.165, 1.54) is 32.9 Å². The fourth-order valence-corrected chi connectivity index (χ4v) is 4.06. The van der Waals surface area contributed by atoms with Crippen molar-refractivity contribution in [1.29, 1.82) is 5.26 Å². The molecule has 0 atom stereocenters. The highest BCUT2D eigenvalue weighted by molar-refractivity contribution is 6.09. The van der Waals surface area contributed by atoms with Crippen LogP contribution in [0.2, 0.25) is 0 Å². The second-order valence-electron chi connectivity index (χ2n) is 7.45. The molecule has 29 heavy (non-hydrogen) atoms. The van der Waals surface area contributed by atoms with Crippen LogP contribution in [0.1, 0.15) is 16.7 Å². The molecule has 5 aromatic rings. The number of nitrogens with zero attached hydrogens (tertiary/aromatic N) is 3. The summed E-state index contributed by atoms with van der Waals surface area (Å²) in [5.41, 5.74) is 8.42. The predicted octanol–water partition coefficient (Wildman–Crippen LogP) is 6.33. The maximum absolute atomic E-state index is 9.65. The summed E-state index contributed by atoms with van der Waals surface area (Å²) < 4.78 is 2.30. The van der Waals surface area contributed by atoms with Crippen LogP contribution in [0.5, 0.6) is 0 Å². The average molecular weight is 373 g/mol. The van der Waals surface area contributed by atoms with Gasteiger partial charge in [0.1, 0.15) is 0 Å². The van der Waals surface area contributed by atoms with Crippen molar-refractivity contribution < 1.29 is 0 Å². The second-order valence-corrected chi connectivity index (χ2v) is 7.45. The third kappa shape index (κ3) is 2.78. The minimum absolute atomic E-state index is 0.660. The number of benzene rings is 3. The second kappa shape index (κ2) is 6.61. The van der Waals surface area contributed by atoms with Gasteiger partial charge >= 0.3 is 0 Å². The molecule has 0 saturated carbocycles.